The van der Waals surface area contributed by atoms with Crippen LogP contribution in [0.5, 0.6) is 5.75 Å². The summed E-state index contributed by atoms with van der Waals surface area (Å²) in [6, 6.07) is 4.31. The van der Waals surface area contributed by atoms with Gasteiger partial charge in [0, 0.05) is 23.7 Å². The van der Waals surface area contributed by atoms with Gasteiger partial charge in [-0.1, -0.05) is 0 Å². The fraction of sp³-hybridized carbons (Fsp3) is 0.389. The van der Waals surface area contributed by atoms with Crippen LogP contribution in [0.15, 0.2) is 27.8 Å². The van der Waals surface area contributed by atoms with E-state index in [0.717, 1.165) is 9.13 Å². The van der Waals surface area contributed by atoms with Gasteiger partial charge < -0.3 is 20.1 Å². The molecule has 1 aromatic carbocycles. The van der Waals surface area contributed by atoms with Gasteiger partial charge in [-0.2, -0.15) is 5.48 Å². The number of aliphatic hydroxyl groups excluding tert-OH is 1. The number of carbonyl (C=O) groups excluding carboxylic acids is 1. The Morgan fingerprint density at radius 3 is 2.65 bits per heavy atom. The third-order valence-electron chi connectivity index (χ3n) is 4.01. The molecule has 0 aliphatic rings. The van der Waals surface area contributed by atoms with E-state index >= 15 is 0 Å². The topological polar surface area (TPSA) is 127 Å². The lowest BCUT2D eigenvalue weighted by molar-refractivity contribution is 0.0244. The first-order valence-corrected chi connectivity index (χ1v) is 10.1. The van der Waals surface area contributed by atoms with E-state index in [4.69, 9.17) is 9.84 Å². The maximum atomic E-state index is 14.4. The molecular weight excluding hydrogens is 528 g/mol. The summed E-state index contributed by atoms with van der Waals surface area (Å²) >= 11 is 1.94. The van der Waals surface area contributed by atoms with Gasteiger partial charge in [-0.05, 0) is 54.9 Å². The summed E-state index contributed by atoms with van der Waals surface area (Å²) in [7, 11) is 4.90. The molecule has 0 fully saturated rings. The van der Waals surface area contributed by atoms with Crippen molar-refractivity contribution >= 4 is 40.2 Å². The maximum absolute atomic E-state index is 14.4. The van der Waals surface area contributed by atoms with Crippen LogP contribution < -0.4 is 26.8 Å². The van der Waals surface area contributed by atoms with Crippen LogP contribution in [0.1, 0.15) is 0 Å². The number of hydrogen-bond donors (Lipinski definition) is 3. The minimum Gasteiger partial charge on any atom is -0.399 e. The van der Waals surface area contributed by atoms with Crippen LogP contribution in [0.2, 0.25) is 0 Å². The van der Waals surface area contributed by atoms with E-state index in [-0.39, 0.29) is 31.3 Å². The van der Waals surface area contributed by atoms with Crippen molar-refractivity contribution < 1.29 is 23.9 Å². The molecule has 1 aromatic heterocycles. The predicted molar refractivity (Wildman–Crippen MR) is 119 cm³/mol. The predicted octanol–water partition coefficient (Wildman–Crippen LogP) is 0.608. The first-order chi connectivity index (χ1) is 14.6. The highest BCUT2D eigenvalue weighted by atomic mass is 127. The van der Waals surface area contributed by atoms with Gasteiger partial charge >= 0.3 is 17.3 Å². The van der Waals surface area contributed by atoms with E-state index in [1.165, 1.54) is 19.2 Å². The van der Waals surface area contributed by atoms with Gasteiger partial charge in [0.25, 0.3) is 0 Å². The summed E-state index contributed by atoms with van der Waals surface area (Å²) in [5, 5.41) is 11.4. The SMILES string of the molecule is CN(C)CCn1c(=O)c(OC(=O)NOCCO)c(Nc2ccc(I)cc2F)n(C)c1=O. The summed E-state index contributed by atoms with van der Waals surface area (Å²) in [6.07, 6.45) is -1.16. The molecule has 0 aliphatic carbocycles. The van der Waals surface area contributed by atoms with Crippen molar-refractivity contribution in [1.82, 2.24) is 19.5 Å². The Balaban J connectivity index is 2.54. The standard InChI is InChI=1S/C18H23FIN5O6/c1-23(2)6-7-25-16(27)14(31-17(28)22-30-9-8-26)15(24(3)18(25)29)21-13-5-4-11(20)10-12(13)19/h4-5,10,21,26H,6-9H2,1-3H3,(H,22,28). The molecule has 0 unspecified atom stereocenters. The number of benzene rings is 1. The van der Waals surface area contributed by atoms with Gasteiger partial charge in [0.2, 0.25) is 5.75 Å². The van der Waals surface area contributed by atoms with E-state index in [0.29, 0.717) is 10.1 Å². The van der Waals surface area contributed by atoms with Crippen molar-refractivity contribution in [3.63, 3.8) is 0 Å². The van der Waals surface area contributed by atoms with E-state index in [9.17, 15) is 18.8 Å². The van der Waals surface area contributed by atoms with Crippen LogP contribution in [0.4, 0.5) is 20.7 Å². The van der Waals surface area contributed by atoms with Crippen LogP contribution in [0.25, 0.3) is 0 Å². The Morgan fingerprint density at radius 1 is 1.32 bits per heavy atom. The molecule has 0 saturated carbocycles. The summed E-state index contributed by atoms with van der Waals surface area (Å²) in [5.74, 6) is -1.37. The number of aliphatic hydroxyl groups is 1. The zero-order valence-corrected chi connectivity index (χ0v) is 19.3. The van der Waals surface area contributed by atoms with E-state index in [1.807, 2.05) is 28.1 Å². The van der Waals surface area contributed by atoms with Crippen molar-refractivity contribution in [3.8, 4) is 5.75 Å². The third-order valence-corrected chi connectivity index (χ3v) is 4.68. The molecule has 0 bridgehead atoms. The summed E-state index contributed by atoms with van der Waals surface area (Å²) < 4.78 is 22.0. The number of ether oxygens (including phenoxy) is 1. The Kier molecular flexibility index (Phi) is 8.97. The fourth-order valence-electron chi connectivity index (χ4n) is 2.46. The lowest BCUT2D eigenvalue weighted by atomic mass is 10.3. The largest absolute Gasteiger partial charge is 0.437 e. The fourth-order valence-corrected chi connectivity index (χ4v) is 2.91. The van der Waals surface area contributed by atoms with Crippen molar-refractivity contribution in [2.24, 2.45) is 7.05 Å². The zero-order valence-electron chi connectivity index (χ0n) is 17.1. The van der Waals surface area contributed by atoms with Gasteiger partial charge in [0.1, 0.15) is 5.82 Å². The molecule has 0 spiro atoms. The van der Waals surface area contributed by atoms with E-state index in [2.05, 4.69) is 10.2 Å². The van der Waals surface area contributed by atoms with E-state index in [1.54, 1.807) is 25.1 Å². The minimum atomic E-state index is -1.16. The van der Waals surface area contributed by atoms with Gasteiger partial charge in [-0.3, -0.25) is 18.8 Å². The molecule has 0 aliphatic heterocycles. The zero-order chi connectivity index (χ0) is 23.1. The lowest BCUT2D eigenvalue weighted by Gasteiger charge is -2.19. The number of likely N-dealkylation sites (N-methyl/N-ethyl adjacent to an activating group) is 1. The normalized spacial score (nSPS) is 10.9. The average Bonchev–Trinajstić information content (AvgIpc) is 2.70. The van der Waals surface area contributed by atoms with Crippen molar-refractivity contribution in [2.75, 3.05) is 39.2 Å². The Bertz CT molecular complexity index is 1050. The van der Waals surface area contributed by atoms with Crippen molar-refractivity contribution in [3.05, 3.63) is 48.4 Å². The van der Waals surface area contributed by atoms with Crippen molar-refractivity contribution in [2.45, 2.75) is 6.54 Å². The average molecular weight is 551 g/mol. The third kappa shape index (κ3) is 6.49. The molecule has 31 heavy (non-hydrogen) atoms. The van der Waals surface area contributed by atoms with Gasteiger partial charge in [0.05, 0.1) is 18.9 Å². The molecule has 3 N–H and O–H groups in total. The number of nitrogens with zero attached hydrogens (tertiary/aromatic N) is 3. The first kappa shape index (κ1) is 24.8. The Hall–Kier alpha value is -2.49. The molecule has 170 valence electrons. The molecule has 1 amide bonds. The van der Waals surface area contributed by atoms with E-state index < -0.39 is 28.9 Å². The highest BCUT2D eigenvalue weighted by Crippen LogP contribution is 2.25. The molecule has 0 radical (unpaired) electrons. The molecule has 13 heteroatoms. The number of anilines is 2. The highest BCUT2D eigenvalue weighted by molar-refractivity contribution is 14.1. The number of carbonyl (C=O) groups is 1. The number of amides is 1. The number of nitrogens with one attached hydrogen (secondary N) is 2. The molecule has 11 nitrogen and oxygen atoms in total. The molecular formula is C18H23FIN5O6. The smallest absolute Gasteiger partial charge is 0.399 e. The van der Waals surface area contributed by atoms with Crippen LogP contribution >= 0.6 is 22.6 Å². The number of rotatable bonds is 9. The highest BCUT2D eigenvalue weighted by Gasteiger charge is 2.22. The summed E-state index contributed by atoms with van der Waals surface area (Å²) in [6.45, 7) is -0.140. The van der Waals surface area contributed by atoms with Gasteiger partial charge in [0.15, 0.2) is 5.82 Å². The molecule has 2 rings (SSSR count). The number of hydrogen-bond acceptors (Lipinski definition) is 8. The van der Waals surface area contributed by atoms with Crippen LogP contribution in [0, 0.1) is 9.39 Å². The van der Waals surface area contributed by atoms with Gasteiger partial charge in [-0.25, -0.2) is 14.0 Å². The summed E-state index contributed by atoms with van der Waals surface area (Å²) in [5.41, 5.74) is 0.325. The van der Waals surface area contributed by atoms with Gasteiger partial charge in [-0.15, -0.1) is 0 Å². The van der Waals surface area contributed by atoms with Crippen LogP contribution in [-0.4, -0.2) is 59.1 Å². The molecule has 0 saturated heterocycles. The molecule has 0 atom stereocenters. The number of hydroxylamine groups is 1. The number of halogens is 2. The second-order valence-corrected chi connectivity index (χ2v) is 7.84. The molecule has 2 aromatic rings. The monoisotopic (exact) mass is 551 g/mol. The number of aromatic nitrogens is 2. The molecule has 1 heterocycles. The Morgan fingerprint density at radius 2 is 2.03 bits per heavy atom. The van der Waals surface area contributed by atoms with Crippen LogP contribution in [-0.2, 0) is 18.4 Å². The first-order valence-electron chi connectivity index (χ1n) is 9.06. The summed E-state index contributed by atoms with van der Waals surface area (Å²) in [4.78, 5) is 44.2. The minimum absolute atomic E-state index is 0.0253. The van der Waals surface area contributed by atoms with Crippen molar-refractivity contribution in [1.29, 1.82) is 0 Å². The lowest BCUT2D eigenvalue weighted by Crippen LogP contribution is -2.43. The Labute approximate surface area is 190 Å². The van der Waals surface area contributed by atoms with Crippen LogP contribution in [0.3, 0.4) is 0 Å². The maximum Gasteiger partial charge on any atom is 0.437 e. The second kappa shape index (κ2) is 11.2. The second-order valence-electron chi connectivity index (χ2n) is 6.59. The quantitative estimate of drug-likeness (QED) is 0.235.